The topological polar surface area (TPSA) is 93.9 Å². The van der Waals surface area contributed by atoms with Gasteiger partial charge < -0.3 is 9.42 Å². The highest BCUT2D eigenvalue weighted by Crippen LogP contribution is 2.41. The van der Waals surface area contributed by atoms with Crippen LogP contribution in [0.1, 0.15) is 11.1 Å². The van der Waals surface area contributed by atoms with Crippen molar-refractivity contribution in [2.24, 2.45) is 0 Å². The van der Waals surface area contributed by atoms with Crippen LogP contribution in [0.15, 0.2) is 48.5 Å². The predicted octanol–water partition coefficient (Wildman–Crippen LogP) is 3.38. The van der Waals surface area contributed by atoms with Crippen molar-refractivity contribution in [2.45, 2.75) is 6.42 Å². The summed E-state index contributed by atoms with van der Waals surface area (Å²) in [6.45, 7) is 1.13. The summed E-state index contributed by atoms with van der Waals surface area (Å²) in [6, 6.07) is 16.2. The Labute approximate surface area is 157 Å². The highest BCUT2D eigenvalue weighted by Gasteiger charge is 2.30. The van der Waals surface area contributed by atoms with E-state index in [-0.39, 0.29) is 12.2 Å². The quantitative estimate of drug-likeness (QED) is 0.770. The fraction of sp³-hybridized carbons (Fsp3) is 0.263. The van der Waals surface area contributed by atoms with Crippen molar-refractivity contribution in [1.29, 1.82) is 5.26 Å². The summed E-state index contributed by atoms with van der Waals surface area (Å²) >= 11 is 0. The van der Waals surface area contributed by atoms with Gasteiger partial charge in [-0.3, -0.25) is 14.4 Å². The zero-order valence-electron chi connectivity index (χ0n) is 14.9. The van der Waals surface area contributed by atoms with E-state index < -0.39 is 7.60 Å². The highest BCUT2D eigenvalue weighted by molar-refractivity contribution is 7.52. The first-order valence-corrected chi connectivity index (χ1v) is 10.3. The zero-order chi connectivity index (χ0) is 19.4. The molecular formula is C19H20N3O4P. The largest absolute Gasteiger partial charge is 0.329 e. The number of nitriles is 1. The summed E-state index contributed by atoms with van der Waals surface area (Å²) in [6.07, 6.45) is 0.477. The molecule has 1 aliphatic heterocycles. The van der Waals surface area contributed by atoms with Crippen molar-refractivity contribution in [2.75, 3.05) is 36.2 Å². The minimum Gasteiger partial charge on any atom is -0.324 e. The first-order valence-electron chi connectivity index (χ1n) is 8.49. The molecule has 1 unspecified atom stereocenters. The summed E-state index contributed by atoms with van der Waals surface area (Å²) in [5, 5.41) is 8.88. The van der Waals surface area contributed by atoms with Gasteiger partial charge in [-0.05, 0) is 48.4 Å². The van der Waals surface area contributed by atoms with Crippen molar-refractivity contribution in [3.63, 3.8) is 0 Å². The lowest BCUT2D eigenvalue weighted by Crippen LogP contribution is -2.31. The van der Waals surface area contributed by atoms with E-state index in [0.29, 0.717) is 25.1 Å². The Morgan fingerprint density at radius 3 is 2.07 bits per heavy atom. The van der Waals surface area contributed by atoms with Gasteiger partial charge in [0.15, 0.2) is 0 Å². The van der Waals surface area contributed by atoms with E-state index in [0.717, 1.165) is 16.9 Å². The second kappa shape index (κ2) is 7.93. The molecule has 140 valence electrons. The molecule has 1 atom stereocenters. The highest BCUT2D eigenvalue weighted by atomic mass is 31.2. The second-order valence-electron chi connectivity index (χ2n) is 6.20. The van der Waals surface area contributed by atoms with E-state index >= 15 is 0 Å². The minimum atomic E-state index is -3.52. The first kappa shape index (κ1) is 19.1. The van der Waals surface area contributed by atoms with Gasteiger partial charge in [-0.1, -0.05) is 12.1 Å². The van der Waals surface area contributed by atoms with E-state index in [1.807, 2.05) is 24.3 Å². The Morgan fingerprint density at radius 2 is 1.59 bits per heavy atom. The molecular weight excluding hydrogens is 365 g/mol. The fourth-order valence-corrected chi connectivity index (χ4v) is 3.66. The Balaban J connectivity index is 1.67. The minimum absolute atomic E-state index is 0.0535. The normalized spacial score (nSPS) is 16.3. The van der Waals surface area contributed by atoms with Crippen LogP contribution in [0, 0.1) is 11.3 Å². The van der Waals surface area contributed by atoms with E-state index in [2.05, 4.69) is 10.6 Å². The molecule has 0 aliphatic carbocycles. The molecule has 8 heteroatoms. The Bertz CT molecular complexity index is 906. The van der Waals surface area contributed by atoms with E-state index in [1.165, 1.54) is 7.11 Å². The molecule has 0 radical (unpaired) electrons. The van der Waals surface area contributed by atoms with Crippen molar-refractivity contribution in [3.8, 4) is 6.07 Å². The van der Waals surface area contributed by atoms with Gasteiger partial charge in [-0.15, -0.1) is 0 Å². The number of rotatable bonds is 6. The molecule has 2 aromatic carbocycles. The number of aryl methyl sites for hydroxylation is 1. The Hall–Kier alpha value is -2.65. The molecule has 1 aliphatic rings. The first-order chi connectivity index (χ1) is 12.9. The summed E-state index contributed by atoms with van der Waals surface area (Å²) in [7, 11) is -2.30. The number of benzene rings is 2. The van der Waals surface area contributed by atoms with Crippen LogP contribution in [-0.4, -0.2) is 37.3 Å². The third kappa shape index (κ3) is 4.37. The number of hydrogen-bond acceptors (Lipinski definition) is 4. The van der Waals surface area contributed by atoms with Gasteiger partial charge in [0.1, 0.15) is 0 Å². The zero-order valence-corrected chi connectivity index (χ0v) is 15.8. The van der Waals surface area contributed by atoms with Crippen LogP contribution >= 0.6 is 7.60 Å². The molecule has 0 spiro atoms. The molecule has 1 saturated heterocycles. The van der Waals surface area contributed by atoms with Gasteiger partial charge >= 0.3 is 13.6 Å². The molecule has 0 aromatic heterocycles. The predicted molar refractivity (Wildman–Crippen MR) is 103 cm³/mol. The molecule has 0 saturated carbocycles. The maximum absolute atomic E-state index is 12.7. The van der Waals surface area contributed by atoms with Gasteiger partial charge in [0.05, 0.1) is 17.8 Å². The van der Waals surface area contributed by atoms with Gasteiger partial charge in [-0.2, -0.15) is 5.26 Å². The average Bonchev–Trinajstić information content (AvgIpc) is 3.08. The molecule has 3 rings (SSSR count). The molecule has 1 fully saturated rings. The molecule has 2 amide bonds. The standard InChI is InChI=1S/C19H20N3O4P/c1-26-27(24,25)13-10-15-2-6-17(7-3-15)21-11-12-22(19(21)23)18-8-4-16(14-20)5-9-18/h2-9H,10-13H2,1H3,(H,24,25). The van der Waals surface area contributed by atoms with Gasteiger partial charge in [0.2, 0.25) is 0 Å². The number of carbonyl (C=O) groups is 1. The van der Waals surface area contributed by atoms with Gasteiger partial charge in [0, 0.05) is 31.6 Å². The van der Waals surface area contributed by atoms with Crippen LogP contribution in [0.5, 0.6) is 0 Å². The van der Waals surface area contributed by atoms with Crippen molar-refractivity contribution >= 4 is 25.0 Å². The third-order valence-electron chi connectivity index (χ3n) is 4.53. The van der Waals surface area contributed by atoms with Crippen molar-refractivity contribution in [3.05, 3.63) is 59.7 Å². The Morgan fingerprint density at radius 1 is 1.07 bits per heavy atom. The van der Waals surface area contributed by atoms with Crippen LogP contribution in [0.25, 0.3) is 0 Å². The van der Waals surface area contributed by atoms with Crippen LogP contribution in [0.3, 0.4) is 0 Å². The van der Waals surface area contributed by atoms with Gasteiger partial charge in [0.25, 0.3) is 0 Å². The lowest BCUT2D eigenvalue weighted by Gasteiger charge is -2.19. The second-order valence-corrected chi connectivity index (χ2v) is 8.29. The maximum Gasteiger partial charge on any atom is 0.329 e. The van der Waals surface area contributed by atoms with E-state index in [4.69, 9.17) is 5.26 Å². The SMILES string of the molecule is COP(=O)(O)CCc1ccc(N2CCN(c3ccc(C#N)cc3)C2=O)cc1. The summed E-state index contributed by atoms with van der Waals surface area (Å²) in [5.41, 5.74) is 3.00. The molecule has 1 heterocycles. The number of carbonyl (C=O) groups excluding carboxylic acids is 1. The molecule has 7 nitrogen and oxygen atoms in total. The smallest absolute Gasteiger partial charge is 0.324 e. The Kier molecular flexibility index (Phi) is 5.62. The van der Waals surface area contributed by atoms with E-state index in [9.17, 15) is 14.3 Å². The monoisotopic (exact) mass is 385 g/mol. The van der Waals surface area contributed by atoms with E-state index in [1.54, 1.807) is 34.1 Å². The molecule has 0 bridgehead atoms. The lowest BCUT2D eigenvalue weighted by molar-refractivity contribution is 0.256. The lowest BCUT2D eigenvalue weighted by atomic mass is 10.1. The molecule has 27 heavy (non-hydrogen) atoms. The van der Waals surface area contributed by atoms with Crippen LogP contribution < -0.4 is 9.80 Å². The fourth-order valence-electron chi connectivity index (χ4n) is 2.94. The van der Waals surface area contributed by atoms with Crippen LogP contribution in [-0.2, 0) is 15.5 Å². The number of anilines is 2. The van der Waals surface area contributed by atoms with Crippen LogP contribution in [0.2, 0.25) is 0 Å². The summed E-state index contributed by atoms with van der Waals surface area (Å²) < 4.78 is 16.1. The summed E-state index contributed by atoms with van der Waals surface area (Å²) in [4.78, 5) is 25.6. The number of nitrogens with zero attached hydrogens (tertiary/aromatic N) is 3. The number of hydrogen-bond donors (Lipinski definition) is 1. The maximum atomic E-state index is 12.7. The molecule has 2 aromatic rings. The van der Waals surface area contributed by atoms with Crippen LogP contribution in [0.4, 0.5) is 16.2 Å². The number of urea groups is 1. The van der Waals surface area contributed by atoms with Gasteiger partial charge in [-0.25, -0.2) is 4.79 Å². The summed E-state index contributed by atoms with van der Waals surface area (Å²) in [5.74, 6) is 0. The van der Waals surface area contributed by atoms with Crippen molar-refractivity contribution < 1.29 is 18.8 Å². The average molecular weight is 385 g/mol. The van der Waals surface area contributed by atoms with Crippen molar-refractivity contribution in [1.82, 2.24) is 0 Å². The molecule has 1 N–H and O–H groups in total. The third-order valence-corrected chi connectivity index (χ3v) is 5.89. The number of amides is 2.